The van der Waals surface area contributed by atoms with E-state index in [0.29, 0.717) is 5.37 Å². The molecule has 1 aromatic carbocycles. The van der Waals surface area contributed by atoms with Gasteiger partial charge in [0.2, 0.25) is 0 Å². The van der Waals surface area contributed by atoms with Crippen molar-refractivity contribution in [3.63, 3.8) is 0 Å². The minimum atomic E-state index is 0.141. The molecule has 2 rings (SSSR count). The molecule has 1 aliphatic rings. The van der Waals surface area contributed by atoms with Crippen molar-refractivity contribution >= 4 is 16.8 Å². The highest BCUT2D eigenvalue weighted by Crippen LogP contribution is 2.43. The van der Waals surface area contributed by atoms with Crippen molar-refractivity contribution in [1.82, 2.24) is 4.90 Å². The molecule has 0 spiro atoms. The fourth-order valence-corrected chi connectivity index (χ4v) is 3.36. The Bertz CT molecular complexity index is 432. The molecule has 0 saturated carbocycles. The van der Waals surface area contributed by atoms with Crippen molar-refractivity contribution in [2.45, 2.75) is 32.2 Å². The van der Waals surface area contributed by atoms with Gasteiger partial charge in [0.05, 0.1) is 10.4 Å². The number of likely N-dealkylation sites (N-methyl/N-ethyl adjacent to an activating group) is 1. The van der Waals surface area contributed by atoms with Gasteiger partial charge in [-0.1, -0.05) is 62.9 Å². The summed E-state index contributed by atoms with van der Waals surface area (Å²) in [5, 5.41) is 1.66. The summed E-state index contributed by atoms with van der Waals surface area (Å²) < 4.78 is 0. The zero-order chi connectivity index (χ0) is 13.3. The Labute approximate surface area is 114 Å². The number of benzene rings is 1. The van der Waals surface area contributed by atoms with Gasteiger partial charge in [0.1, 0.15) is 6.04 Å². The van der Waals surface area contributed by atoms with E-state index in [2.05, 4.69) is 70.1 Å². The summed E-state index contributed by atoms with van der Waals surface area (Å²) in [4.78, 5) is 7.24. The van der Waals surface area contributed by atoms with Crippen molar-refractivity contribution in [3.8, 4) is 0 Å². The van der Waals surface area contributed by atoms with Gasteiger partial charge in [-0.2, -0.15) is 0 Å². The van der Waals surface area contributed by atoms with E-state index in [-0.39, 0.29) is 11.5 Å². The molecule has 18 heavy (non-hydrogen) atoms. The maximum absolute atomic E-state index is 4.97. The maximum Gasteiger partial charge on any atom is 0.101 e. The lowest BCUT2D eigenvalue weighted by molar-refractivity contribution is 0.349. The molecule has 0 fully saturated rings. The number of hydrogen-bond acceptors (Lipinski definition) is 3. The van der Waals surface area contributed by atoms with Crippen LogP contribution in [0, 0.1) is 5.41 Å². The molecular formula is C15H22N2S. The number of hydrogen-bond donors (Lipinski definition) is 0. The summed E-state index contributed by atoms with van der Waals surface area (Å²) in [5.41, 5.74) is 1.45. The first-order valence-electron chi connectivity index (χ1n) is 6.36. The lowest BCUT2D eigenvalue weighted by atomic mass is 9.98. The molecule has 3 heteroatoms. The van der Waals surface area contributed by atoms with Crippen LogP contribution in [0.3, 0.4) is 0 Å². The molecule has 1 heterocycles. The topological polar surface area (TPSA) is 15.6 Å². The van der Waals surface area contributed by atoms with Crippen molar-refractivity contribution in [3.05, 3.63) is 35.9 Å². The Kier molecular flexibility index (Phi) is 3.83. The third kappa shape index (κ3) is 2.78. The van der Waals surface area contributed by atoms with E-state index in [0.717, 1.165) is 0 Å². The van der Waals surface area contributed by atoms with Crippen LogP contribution in [0.1, 0.15) is 32.4 Å². The van der Waals surface area contributed by atoms with E-state index in [1.807, 2.05) is 11.8 Å². The Hall–Kier alpha value is -0.800. The third-order valence-corrected chi connectivity index (χ3v) is 4.91. The Balaban J connectivity index is 2.33. The highest BCUT2D eigenvalue weighted by Gasteiger charge is 2.36. The monoisotopic (exact) mass is 262 g/mol. The van der Waals surface area contributed by atoms with Gasteiger partial charge in [0, 0.05) is 5.41 Å². The van der Waals surface area contributed by atoms with Crippen LogP contribution in [0.25, 0.3) is 0 Å². The minimum absolute atomic E-state index is 0.141. The molecule has 2 unspecified atom stereocenters. The second kappa shape index (κ2) is 5.06. The second-order valence-corrected chi connectivity index (χ2v) is 7.12. The average molecular weight is 262 g/mol. The SMILES string of the molecule is CN(C)C1SC(C(C)(C)C)=NC1c1ccccc1. The van der Waals surface area contributed by atoms with Gasteiger partial charge in [-0.3, -0.25) is 9.89 Å². The smallest absolute Gasteiger partial charge is 0.101 e. The molecule has 2 atom stereocenters. The molecule has 1 aliphatic heterocycles. The predicted octanol–water partition coefficient (Wildman–Crippen LogP) is 3.81. The second-order valence-electron chi connectivity index (χ2n) is 6.01. The summed E-state index contributed by atoms with van der Waals surface area (Å²) in [6.07, 6.45) is 0. The average Bonchev–Trinajstić information content (AvgIpc) is 2.74. The lowest BCUT2D eigenvalue weighted by Gasteiger charge is -2.25. The lowest BCUT2D eigenvalue weighted by Crippen LogP contribution is -2.28. The maximum atomic E-state index is 4.97. The molecule has 98 valence electrons. The zero-order valence-corrected chi connectivity index (χ0v) is 12.7. The van der Waals surface area contributed by atoms with E-state index >= 15 is 0 Å². The van der Waals surface area contributed by atoms with E-state index in [1.165, 1.54) is 10.6 Å². The van der Waals surface area contributed by atoms with Crippen molar-refractivity contribution in [2.75, 3.05) is 14.1 Å². The first-order valence-corrected chi connectivity index (χ1v) is 7.24. The van der Waals surface area contributed by atoms with E-state index < -0.39 is 0 Å². The van der Waals surface area contributed by atoms with Crippen molar-refractivity contribution < 1.29 is 0 Å². The number of rotatable bonds is 2. The van der Waals surface area contributed by atoms with Crippen LogP contribution in [0.5, 0.6) is 0 Å². The van der Waals surface area contributed by atoms with Crippen LogP contribution in [-0.4, -0.2) is 29.4 Å². The molecule has 2 nitrogen and oxygen atoms in total. The predicted molar refractivity (Wildman–Crippen MR) is 81.1 cm³/mol. The summed E-state index contributed by atoms with van der Waals surface area (Å²) in [6, 6.07) is 10.9. The highest BCUT2D eigenvalue weighted by atomic mass is 32.2. The minimum Gasteiger partial charge on any atom is -0.295 e. The quantitative estimate of drug-likeness (QED) is 0.805. The molecule has 0 aromatic heterocycles. The highest BCUT2D eigenvalue weighted by molar-refractivity contribution is 8.14. The van der Waals surface area contributed by atoms with Crippen LogP contribution in [-0.2, 0) is 0 Å². The van der Waals surface area contributed by atoms with Gasteiger partial charge < -0.3 is 0 Å². The van der Waals surface area contributed by atoms with Gasteiger partial charge >= 0.3 is 0 Å². The molecule has 0 bridgehead atoms. The Morgan fingerprint density at radius 3 is 2.22 bits per heavy atom. The van der Waals surface area contributed by atoms with Crippen molar-refractivity contribution in [1.29, 1.82) is 0 Å². The molecule has 0 saturated heterocycles. The Morgan fingerprint density at radius 1 is 1.11 bits per heavy atom. The van der Waals surface area contributed by atoms with Crippen LogP contribution < -0.4 is 0 Å². The third-order valence-electron chi connectivity index (χ3n) is 3.05. The van der Waals surface area contributed by atoms with Gasteiger partial charge in [0.15, 0.2) is 0 Å². The van der Waals surface area contributed by atoms with Crippen LogP contribution in [0.4, 0.5) is 0 Å². The van der Waals surface area contributed by atoms with Gasteiger partial charge in [-0.05, 0) is 19.7 Å². The molecule has 0 radical (unpaired) electrons. The van der Waals surface area contributed by atoms with Crippen molar-refractivity contribution in [2.24, 2.45) is 10.4 Å². The largest absolute Gasteiger partial charge is 0.295 e. The number of nitrogens with zero attached hydrogens (tertiary/aromatic N) is 2. The van der Waals surface area contributed by atoms with E-state index in [9.17, 15) is 0 Å². The summed E-state index contributed by atoms with van der Waals surface area (Å²) in [7, 11) is 4.27. The standard InChI is InChI=1S/C15H22N2S/c1-15(2,3)14-16-12(13(18-14)17(4)5)11-9-7-6-8-10-11/h6-10,12-13H,1-5H3. The van der Waals surface area contributed by atoms with Crippen LogP contribution in [0.15, 0.2) is 35.3 Å². The number of aliphatic imine (C=N–C) groups is 1. The first kappa shape index (κ1) is 13.6. The molecule has 0 aliphatic carbocycles. The number of thioether (sulfide) groups is 1. The molecule has 0 amide bonds. The fourth-order valence-electron chi connectivity index (χ4n) is 2.05. The van der Waals surface area contributed by atoms with Gasteiger partial charge in [-0.15, -0.1) is 0 Å². The van der Waals surface area contributed by atoms with E-state index in [1.54, 1.807) is 0 Å². The van der Waals surface area contributed by atoms with Gasteiger partial charge in [-0.25, -0.2) is 0 Å². The molecular weight excluding hydrogens is 240 g/mol. The normalized spacial score (nSPS) is 24.4. The molecule has 0 N–H and O–H groups in total. The van der Waals surface area contributed by atoms with Crippen LogP contribution >= 0.6 is 11.8 Å². The zero-order valence-electron chi connectivity index (χ0n) is 11.8. The Morgan fingerprint density at radius 2 is 1.72 bits per heavy atom. The van der Waals surface area contributed by atoms with E-state index in [4.69, 9.17) is 4.99 Å². The fraction of sp³-hybridized carbons (Fsp3) is 0.533. The van der Waals surface area contributed by atoms with Crippen LogP contribution in [0.2, 0.25) is 0 Å². The van der Waals surface area contributed by atoms with Gasteiger partial charge in [0.25, 0.3) is 0 Å². The summed E-state index contributed by atoms with van der Waals surface area (Å²) in [5.74, 6) is 0. The summed E-state index contributed by atoms with van der Waals surface area (Å²) in [6.45, 7) is 6.71. The first-order chi connectivity index (χ1) is 8.39. The summed E-state index contributed by atoms with van der Waals surface area (Å²) >= 11 is 1.90. The molecule has 1 aromatic rings.